The molecule has 4 aliphatic rings. The average molecular weight is 401 g/mol. The van der Waals surface area contributed by atoms with Crippen molar-refractivity contribution in [1.82, 2.24) is 0 Å². The molecule has 4 aliphatic carbocycles. The van der Waals surface area contributed by atoms with E-state index < -0.39 is 5.97 Å². The maximum absolute atomic E-state index is 10.5. The second kappa shape index (κ2) is 10.5. The summed E-state index contributed by atoms with van der Waals surface area (Å²) in [5.74, 6) is 6.71. The van der Waals surface area contributed by atoms with Crippen LogP contribution in [0, 0.1) is 41.4 Å². The highest BCUT2D eigenvalue weighted by atomic mass is 16.4. The number of unbranched alkanes of at least 4 members (excludes halogenated alkanes) is 6. The number of carboxylic acid groups (broad SMARTS) is 1. The van der Waals surface area contributed by atoms with Crippen molar-refractivity contribution in [1.29, 1.82) is 0 Å². The largest absolute Gasteiger partial charge is 0.481 e. The molecule has 0 spiro atoms. The quantitative estimate of drug-likeness (QED) is 0.302. The summed E-state index contributed by atoms with van der Waals surface area (Å²) >= 11 is 0. The van der Waals surface area contributed by atoms with Crippen LogP contribution in [0.15, 0.2) is 12.2 Å². The molecule has 4 saturated carbocycles. The van der Waals surface area contributed by atoms with Gasteiger partial charge in [0.25, 0.3) is 0 Å². The van der Waals surface area contributed by atoms with Gasteiger partial charge in [0.05, 0.1) is 0 Å². The summed E-state index contributed by atoms with van der Waals surface area (Å²) in [4.78, 5) is 10.5. The first-order valence-electron chi connectivity index (χ1n) is 13.1. The molecule has 2 nitrogen and oxygen atoms in total. The Hall–Kier alpha value is -0.790. The Morgan fingerprint density at radius 1 is 0.724 bits per heavy atom. The van der Waals surface area contributed by atoms with Crippen molar-refractivity contribution < 1.29 is 9.90 Å². The minimum absolute atomic E-state index is 0.343. The Bertz CT molecular complexity index is 547. The number of hydrogen-bond donors (Lipinski definition) is 1. The molecule has 0 amide bonds. The number of allylic oxidation sites excluding steroid dienone is 2. The number of carboxylic acids is 1. The second-order valence-corrected chi connectivity index (χ2v) is 10.9. The predicted molar refractivity (Wildman–Crippen MR) is 120 cm³/mol. The lowest BCUT2D eigenvalue weighted by Gasteiger charge is -2.59. The second-order valence-electron chi connectivity index (χ2n) is 10.9. The van der Waals surface area contributed by atoms with Crippen LogP contribution >= 0.6 is 0 Å². The molecule has 0 radical (unpaired) electrons. The van der Waals surface area contributed by atoms with E-state index in [0.717, 1.165) is 54.3 Å². The SMILES string of the molecule is O=C(O)CCCCCCCC/C=C/C1CCC2CCC3CCCC4CCC1C2C34. The van der Waals surface area contributed by atoms with E-state index in [0.29, 0.717) is 6.42 Å². The lowest BCUT2D eigenvalue weighted by molar-refractivity contribution is -0.137. The molecule has 0 aromatic heterocycles. The molecular weight excluding hydrogens is 356 g/mol. The third-order valence-electron chi connectivity index (χ3n) is 9.32. The molecule has 0 bridgehead atoms. The molecule has 1 N–H and O–H groups in total. The van der Waals surface area contributed by atoms with Crippen LogP contribution in [0.4, 0.5) is 0 Å². The summed E-state index contributed by atoms with van der Waals surface area (Å²) in [6, 6.07) is 0. The van der Waals surface area contributed by atoms with Gasteiger partial charge in [-0.05, 0) is 99.2 Å². The maximum atomic E-state index is 10.5. The fourth-order valence-electron chi connectivity index (χ4n) is 8.10. The van der Waals surface area contributed by atoms with Crippen LogP contribution in [0.2, 0.25) is 0 Å². The summed E-state index contributed by atoms with van der Waals surface area (Å²) in [5, 5.41) is 8.67. The van der Waals surface area contributed by atoms with E-state index in [-0.39, 0.29) is 0 Å². The van der Waals surface area contributed by atoms with Gasteiger partial charge in [0.1, 0.15) is 0 Å². The molecule has 0 heterocycles. The number of rotatable bonds is 10. The van der Waals surface area contributed by atoms with Gasteiger partial charge >= 0.3 is 5.97 Å². The van der Waals surface area contributed by atoms with E-state index >= 15 is 0 Å². The van der Waals surface area contributed by atoms with Gasteiger partial charge in [0.15, 0.2) is 0 Å². The number of hydrogen-bond acceptors (Lipinski definition) is 1. The maximum Gasteiger partial charge on any atom is 0.303 e. The molecule has 0 saturated heterocycles. The average Bonchev–Trinajstić information content (AvgIpc) is 2.73. The minimum Gasteiger partial charge on any atom is -0.481 e. The molecular formula is C27H44O2. The molecule has 29 heavy (non-hydrogen) atoms. The fraction of sp³-hybridized carbons (Fsp3) is 0.889. The van der Waals surface area contributed by atoms with Crippen LogP contribution in [0.25, 0.3) is 0 Å². The van der Waals surface area contributed by atoms with Crippen LogP contribution in [0.5, 0.6) is 0 Å². The standard InChI is InChI=1S/C27H44O2/c28-25(29)13-8-6-4-2-1-3-5-7-10-20-14-15-23-17-16-21-11-9-12-22-18-19-24(20)27(23)26(21)22/h7,10,20-24,26-27H,1-6,8-9,11-19H2,(H,28,29)/b10-7+. The van der Waals surface area contributed by atoms with Crippen LogP contribution in [-0.4, -0.2) is 11.1 Å². The highest BCUT2D eigenvalue weighted by Gasteiger charge is 2.52. The zero-order chi connectivity index (χ0) is 20.1. The normalized spacial score (nSPS) is 38.7. The monoisotopic (exact) mass is 400 g/mol. The van der Waals surface area contributed by atoms with E-state index in [1.165, 1.54) is 57.8 Å². The zero-order valence-electron chi connectivity index (χ0n) is 18.6. The predicted octanol–water partition coefficient (Wildman–Crippen LogP) is 7.63. The van der Waals surface area contributed by atoms with Crippen LogP contribution in [0.1, 0.15) is 109 Å². The highest BCUT2D eigenvalue weighted by Crippen LogP contribution is 2.61. The van der Waals surface area contributed by atoms with E-state index in [1.54, 1.807) is 32.1 Å². The molecule has 0 aliphatic heterocycles. The van der Waals surface area contributed by atoms with E-state index in [4.69, 9.17) is 5.11 Å². The van der Waals surface area contributed by atoms with Crippen LogP contribution < -0.4 is 0 Å². The molecule has 7 unspecified atom stereocenters. The van der Waals surface area contributed by atoms with Crippen molar-refractivity contribution in [3.63, 3.8) is 0 Å². The van der Waals surface area contributed by atoms with Crippen LogP contribution in [-0.2, 0) is 4.79 Å². The molecule has 2 heteroatoms. The lowest BCUT2D eigenvalue weighted by atomic mass is 9.46. The summed E-state index contributed by atoms with van der Waals surface area (Å²) in [6.07, 6.45) is 27.6. The Kier molecular flexibility index (Phi) is 7.76. The van der Waals surface area contributed by atoms with Crippen molar-refractivity contribution in [3.8, 4) is 0 Å². The van der Waals surface area contributed by atoms with Crippen molar-refractivity contribution in [3.05, 3.63) is 12.2 Å². The molecule has 0 aromatic rings. The summed E-state index contributed by atoms with van der Waals surface area (Å²) in [6.45, 7) is 0. The van der Waals surface area contributed by atoms with Crippen molar-refractivity contribution in [2.45, 2.75) is 109 Å². The third-order valence-corrected chi connectivity index (χ3v) is 9.32. The van der Waals surface area contributed by atoms with Gasteiger partial charge in [-0.25, -0.2) is 0 Å². The Morgan fingerprint density at radius 2 is 1.34 bits per heavy atom. The first kappa shape index (κ1) is 21.4. The minimum atomic E-state index is -0.648. The molecule has 4 fully saturated rings. The van der Waals surface area contributed by atoms with E-state index in [2.05, 4.69) is 12.2 Å². The Balaban J connectivity index is 1.19. The van der Waals surface area contributed by atoms with Gasteiger partial charge < -0.3 is 5.11 Å². The highest BCUT2D eigenvalue weighted by molar-refractivity contribution is 5.66. The van der Waals surface area contributed by atoms with Crippen molar-refractivity contribution in [2.75, 3.05) is 0 Å². The smallest absolute Gasteiger partial charge is 0.303 e. The van der Waals surface area contributed by atoms with Gasteiger partial charge in [-0.3, -0.25) is 4.79 Å². The summed E-state index contributed by atoms with van der Waals surface area (Å²) < 4.78 is 0. The lowest BCUT2D eigenvalue weighted by Crippen LogP contribution is -2.51. The number of aliphatic carboxylic acids is 1. The molecule has 4 rings (SSSR count). The van der Waals surface area contributed by atoms with E-state index in [9.17, 15) is 4.79 Å². The molecule has 0 aromatic carbocycles. The molecule has 164 valence electrons. The van der Waals surface area contributed by atoms with Crippen molar-refractivity contribution >= 4 is 5.97 Å². The first-order valence-corrected chi connectivity index (χ1v) is 13.1. The van der Waals surface area contributed by atoms with Gasteiger partial charge in [0.2, 0.25) is 0 Å². The van der Waals surface area contributed by atoms with Gasteiger partial charge in [0, 0.05) is 6.42 Å². The zero-order valence-corrected chi connectivity index (χ0v) is 18.6. The molecule has 7 atom stereocenters. The topological polar surface area (TPSA) is 37.3 Å². The van der Waals surface area contributed by atoms with Crippen molar-refractivity contribution in [2.24, 2.45) is 41.4 Å². The Labute approximate surface area is 178 Å². The first-order chi connectivity index (χ1) is 14.2. The number of carbonyl (C=O) groups is 1. The Morgan fingerprint density at radius 3 is 2.10 bits per heavy atom. The van der Waals surface area contributed by atoms with Gasteiger partial charge in [-0.15, -0.1) is 0 Å². The van der Waals surface area contributed by atoms with E-state index in [1.807, 2.05) is 0 Å². The summed E-state index contributed by atoms with van der Waals surface area (Å²) in [5.41, 5.74) is 0. The third kappa shape index (κ3) is 5.28. The fourth-order valence-corrected chi connectivity index (χ4v) is 8.10. The van der Waals surface area contributed by atoms with Gasteiger partial charge in [-0.1, -0.05) is 57.1 Å². The summed E-state index contributed by atoms with van der Waals surface area (Å²) in [7, 11) is 0. The van der Waals surface area contributed by atoms with Crippen LogP contribution in [0.3, 0.4) is 0 Å². The van der Waals surface area contributed by atoms with Gasteiger partial charge in [-0.2, -0.15) is 0 Å².